The fraction of sp³-hybridized carbons (Fsp3) is 0.400. The molecule has 2 aromatic rings. The molecule has 0 radical (unpaired) electrons. The van der Waals surface area contributed by atoms with E-state index in [2.05, 4.69) is 17.0 Å². The van der Waals surface area contributed by atoms with E-state index < -0.39 is 23.7 Å². The topological polar surface area (TPSA) is 76.2 Å². The Labute approximate surface area is 186 Å². The van der Waals surface area contributed by atoms with Crippen LogP contribution in [0.15, 0.2) is 54.6 Å². The smallest absolute Gasteiger partial charge is 0.337 e. The first-order valence-electron chi connectivity index (χ1n) is 11.2. The van der Waals surface area contributed by atoms with Crippen LogP contribution >= 0.6 is 0 Å². The summed E-state index contributed by atoms with van der Waals surface area (Å²) in [6.07, 6.45) is 1.81. The molecule has 2 atom stereocenters. The summed E-state index contributed by atoms with van der Waals surface area (Å²) in [4.78, 5) is 46.3. The molecule has 2 unspecified atom stereocenters. The molecule has 3 heterocycles. The quantitative estimate of drug-likeness (QED) is 0.674. The standard InChI is InChI=1S/C25H26N2O5/c28-23-19-8-4-5-9-20(19)24(29)27(23)32-25(30)22-16-26(14-17-6-2-1-3-7-17)15-21(22)18-10-12-31-13-11-18/h1-9,18,21-22H,10-16H2. The first-order valence-corrected chi connectivity index (χ1v) is 11.2. The third-order valence-electron chi connectivity index (χ3n) is 6.80. The van der Waals surface area contributed by atoms with Crippen LogP contribution in [0.2, 0.25) is 0 Å². The Bertz CT molecular complexity index is 983. The lowest BCUT2D eigenvalue weighted by atomic mass is 9.80. The largest absolute Gasteiger partial charge is 0.381 e. The fourth-order valence-corrected chi connectivity index (χ4v) is 5.16. The van der Waals surface area contributed by atoms with Crippen LogP contribution in [0.4, 0.5) is 0 Å². The number of ether oxygens (including phenoxy) is 1. The molecule has 0 bridgehead atoms. The highest BCUT2D eigenvalue weighted by molar-refractivity contribution is 6.20. The minimum absolute atomic E-state index is 0.102. The third kappa shape index (κ3) is 3.94. The van der Waals surface area contributed by atoms with Crippen LogP contribution in [0.25, 0.3) is 0 Å². The lowest BCUT2D eigenvalue weighted by Crippen LogP contribution is -2.39. The molecule has 0 N–H and O–H groups in total. The molecule has 2 aromatic carbocycles. The number of amides is 2. The molecule has 166 valence electrons. The maximum Gasteiger partial charge on any atom is 0.337 e. The summed E-state index contributed by atoms with van der Waals surface area (Å²) in [5.41, 5.74) is 1.72. The van der Waals surface area contributed by atoms with E-state index in [4.69, 9.17) is 9.57 Å². The zero-order chi connectivity index (χ0) is 22.1. The van der Waals surface area contributed by atoms with Crippen molar-refractivity contribution in [2.75, 3.05) is 26.3 Å². The molecule has 0 spiro atoms. The maximum atomic E-state index is 13.3. The predicted octanol–water partition coefficient (Wildman–Crippen LogP) is 2.92. The first-order chi connectivity index (χ1) is 15.6. The number of hydrogen-bond acceptors (Lipinski definition) is 6. The molecule has 0 aliphatic carbocycles. The van der Waals surface area contributed by atoms with Gasteiger partial charge in [0.05, 0.1) is 17.0 Å². The SMILES string of the molecule is O=C(ON1C(=O)c2ccccc2C1=O)C1CN(Cc2ccccc2)CC1C1CCOCC1. The van der Waals surface area contributed by atoms with Crippen LogP contribution < -0.4 is 0 Å². The van der Waals surface area contributed by atoms with Crippen molar-refractivity contribution in [1.82, 2.24) is 9.96 Å². The molecular weight excluding hydrogens is 408 g/mol. The molecule has 5 rings (SSSR count). The van der Waals surface area contributed by atoms with Gasteiger partial charge in [-0.15, -0.1) is 0 Å². The Hall–Kier alpha value is -3.03. The van der Waals surface area contributed by atoms with Gasteiger partial charge in [-0.25, -0.2) is 4.79 Å². The molecule has 3 aliphatic rings. The van der Waals surface area contributed by atoms with E-state index in [1.807, 2.05) is 18.2 Å². The van der Waals surface area contributed by atoms with Gasteiger partial charge in [-0.3, -0.25) is 14.5 Å². The molecule has 3 aliphatic heterocycles. The van der Waals surface area contributed by atoms with Crippen molar-refractivity contribution in [2.24, 2.45) is 17.8 Å². The second-order valence-corrected chi connectivity index (χ2v) is 8.76. The van der Waals surface area contributed by atoms with Gasteiger partial charge in [0.25, 0.3) is 11.8 Å². The highest BCUT2D eigenvalue weighted by Gasteiger charge is 2.46. The summed E-state index contributed by atoms with van der Waals surface area (Å²) >= 11 is 0. The minimum atomic E-state index is -0.583. The van der Waals surface area contributed by atoms with Gasteiger partial charge in [0.2, 0.25) is 0 Å². The molecule has 2 amide bonds. The average Bonchev–Trinajstić information content (AvgIpc) is 3.36. The Balaban J connectivity index is 1.33. The lowest BCUT2D eigenvalue weighted by molar-refractivity contribution is -0.175. The summed E-state index contributed by atoms with van der Waals surface area (Å²) < 4.78 is 5.52. The molecule has 2 saturated heterocycles. The van der Waals surface area contributed by atoms with E-state index in [-0.39, 0.29) is 17.0 Å². The minimum Gasteiger partial charge on any atom is -0.381 e. The van der Waals surface area contributed by atoms with Crippen molar-refractivity contribution in [3.63, 3.8) is 0 Å². The van der Waals surface area contributed by atoms with Gasteiger partial charge in [-0.1, -0.05) is 47.5 Å². The predicted molar refractivity (Wildman–Crippen MR) is 115 cm³/mol. The van der Waals surface area contributed by atoms with Crippen LogP contribution in [-0.2, 0) is 20.9 Å². The summed E-state index contributed by atoms with van der Waals surface area (Å²) in [5.74, 6) is -1.62. The summed E-state index contributed by atoms with van der Waals surface area (Å²) in [7, 11) is 0. The van der Waals surface area contributed by atoms with E-state index in [1.165, 1.54) is 5.56 Å². The number of nitrogens with zero attached hydrogens (tertiary/aromatic N) is 2. The number of benzene rings is 2. The van der Waals surface area contributed by atoms with E-state index in [0.29, 0.717) is 30.7 Å². The highest BCUT2D eigenvalue weighted by Crippen LogP contribution is 2.37. The number of rotatable bonds is 5. The third-order valence-corrected chi connectivity index (χ3v) is 6.80. The van der Waals surface area contributed by atoms with Crippen LogP contribution in [-0.4, -0.2) is 54.1 Å². The van der Waals surface area contributed by atoms with Gasteiger partial charge >= 0.3 is 5.97 Å². The first kappa shape index (κ1) is 20.8. The van der Waals surface area contributed by atoms with Crippen LogP contribution in [0, 0.1) is 17.8 Å². The van der Waals surface area contributed by atoms with Crippen molar-refractivity contribution in [3.05, 3.63) is 71.3 Å². The van der Waals surface area contributed by atoms with Crippen molar-refractivity contribution in [1.29, 1.82) is 0 Å². The lowest BCUT2D eigenvalue weighted by Gasteiger charge is -2.30. The van der Waals surface area contributed by atoms with Gasteiger partial charge in [0.15, 0.2) is 0 Å². The normalized spacial score (nSPS) is 24.1. The Morgan fingerprint density at radius 1 is 0.906 bits per heavy atom. The zero-order valence-corrected chi connectivity index (χ0v) is 17.8. The van der Waals surface area contributed by atoms with Gasteiger partial charge in [-0.05, 0) is 42.4 Å². The molecule has 0 saturated carbocycles. The maximum absolute atomic E-state index is 13.3. The van der Waals surface area contributed by atoms with Gasteiger partial charge < -0.3 is 9.57 Å². The number of carbonyl (C=O) groups is 3. The Kier molecular flexibility index (Phi) is 5.76. The van der Waals surface area contributed by atoms with E-state index in [0.717, 1.165) is 25.9 Å². The van der Waals surface area contributed by atoms with E-state index in [9.17, 15) is 14.4 Å². The number of imide groups is 1. The number of carbonyl (C=O) groups excluding carboxylic acids is 3. The van der Waals surface area contributed by atoms with Crippen LogP contribution in [0.5, 0.6) is 0 Å². The highest BCUT2D eigenvalue weighted by atomic mass is 16.7. The molecule has 0 aromatic heterocycles. The van der Waals surface area contributed by atoms with Gasteiger partial charge in [0, 0.05) is 32.8 Å². The summed E-state index contributed by atoms with van der Waals surface area (Å²) in [6, 6.07) is 16.7. The van der Waals surface area contributed by atoms with Crippen LogP contribution in [0.1, 0.15) is 39.1 Å². The summed E-state index contributed by atoms with van der Waals surface area (Å²) in [5, 5.41) is 0.633. The molecule has 7 heteroatoms. The number of likely N-dealkylation sites (tertiary alicyclic amines) is 1. The second-order valence-electron chi connectivity index (χ2n) is 8.76. The van der Waals surface area contributed by atoms with E-state index in [1.54, 1.807) is 24.3 Å². The molecule has 7 nitrogen and oxygen atoms in total. The van der Waals surface area contributed by atoms with Gasteiger partial charge in [0.1, 0.15) is 0 Å². The molecule has 32 heavy (non-hydrogen) atoms. The van der Waals surface area contributed by atoms with Crippen molar-refractivity contribution in [2.45, 2.75) is 19.4 Å². The second kappa shape index (κ2) is 8.84. The molecule has 2 fully saturated rings. The number of fused-ring (bicyclic) bond motifs is 1. The Morgan fingerprint density at radius 2 is 1.53 bits per heavy atom. The molecular formula is C25H26N2O5. The Morgan fingerprint density at radius 3 is 2.19 bits per heavy atom. The fourth-order valence-electron chi connectivity index (χ4n) is 5.16. The van der Waals surface area contributed by atoms with Crippen LogP contribution in [0.3, 0.4) is 0 Å². The number of hydroxylamine groups is 2. The van der Waals surface area contributed by atoms with Crippen molar-refractivity contribution < 1.29 is 24.0 Å². The van der Waals surface area contributed by atoms with Gasteiger partial charge in [-0.2, -0.15) is 0 Å². The van der Waals surface area contributed by atoms with Crippen molar-refractivity contribution >= 4 is 17.8 Å². The van der Waals surface area contributed by atoms with E-state index >= 15 is 0 Å². The van der Waals surface area contributed by atoms with Crippen molar-refractivity contribution in [3.8, 4) is 0 Å². The number of hydrogen-bond donors (Lipinski definition) is 0. The zero-order valence-electron chi connectivity index (χ0n) is 17.8. The monoisotopic (exact) mass is 434 g/mol. The average molecular weight is 434 g/mol. The summed E-state index contributed by atoms with van der Waals surface area (Å²) in [6.45, 7) is 3.46.